The first-order valence-electron chi connectivity index (χ1n) is 5.99. The van der Waals surface area contributed by atoms with Gasteiger partial charge in [0.2, 0.25) is 5.91 Å². The van der Waals surface area contributed by atoms with Gasteiger partial charge in [0.1, 0.15) is 5.60 Å². The summed E-state index contributed by atoms with van der Waals surface area (Å²) >= 11 is 0. The first kappa shape index (κ1) is 15.9. The van der Waals surface area contributed by atoms with Crippen molar-refractivity contribution in [2.45, 2.75) is 64.5 Å². The van der Waals surface area contributed by atoms with Crippen LogP contribution in [0.3, 0.4) is 0 Å². The van der Waals surface area contributed by atoms with Crippen LogP contribution in [-0.4, -0.2) is 23.5 Å². The van der Waals surface area contributed by atoms with E-state index >= 15 is 0 Å². The van der Waals surface area contributed by atoms with Gasteiger partial charge < -0.3 is 16.2 Å². The van der Waals surface area contributed by atoms with Gasteiger partial charge in [0.05, 0.1) is 6.04 Å². The molecule has 0 spiro atoms. The van der Waals surface area contributed by atoms with Gasteiger partial charge in [0.25, 0.3) is 0 Å². The Bertz CT molecular complexity index is 259. The number of primary amides is 1. The van der Waals surface area contributed by atoms with Crippen LogP contribution in [0.2, 0.25) is 0 Å². The van der Waals surface area contributed by atoms with Crippen molar-refractivity contribution >= 4 is 11.9 Å². The van der Waals surface area contributed by atoms with Crippen molar-refractivity contribution in [3.05, 3.63) is 0 Å². The fraction of sp³-hybridized carbons (Fsp3) is 0.833. The largest absolute Gasteiger partial charge is 0.460 e. The van der Waals surface area contributed by atoms with E-state index in [1.54, 1.807) is 0 Å². The van der Waals surface area contributed by atoms with E-state index in [-0.39, 0.29) is 5.97 Å². The van der Waals surface area contributed by atoms with Crippen molar-refractivity contribution in [3.8, 4) is 0 Å². The number of rotatable bonds is 7. The SMILES string of the molecule is CC(C)(C)OC(=O)CCCCC[C@H](N)C(N)=O. The number of ether oxygens (including phenoxy) is 1. The molecule has 4 N–H and O–H groups in total. The van der Waals surface area contributed by atoms with Crippen molar-refractivity contribution < 1.29 is 14.3 Å². The number of nitrogens with two attached hydrogens (primary N) is 2. The monoisotopic (exact) mass is 244 g/mol. The Morgan fingerprint density at radius 2 is 1.76 bits per heavy atom. The lowest BCUT2D eigenvalue weighted by atomic mass is 10.1. The Morgan fingerprint density at radius 3 is 2.24 bits per heavy atom. The topological polar surface area (TPSA) is 95.4 Å². The smallest absolute Gasteiger partial charge is 0.306 e. The third kappa shape index (κ3) is 9.81. The van der Waals surface area contributed by atoms with Crippen molar-refractivity contribution in [3.63, 3.8) is 0 Å². The summed E-state index contributed by atoms with van der Waals surface area (Å²) in [7, 11) is 0. The maximum absolute atomic E-state index is 11.3. The van der Waals surface area contributed by atoms with Crippen LogP contribution in [0, 0.1) is 0 Å². The summed E-state index contributed by atoms with van der Waals surface area (Å²) in [5, 5.41) is 0. The van der Waals surface area contributed by atoms with Crippen molar-refractivity contribution in [2.75, 3.05) is 0 Å². The first-order chi connectivity index (χ1) is 7.72. The molecule has 0 radical (unpaired) electrons. The summed E-state index contributed by atoms with van der Waals surface area (Å²) in [6, 6.07) is -0.573. The number of carbonyl (C=O) groups excluding carboxylic acids is 2. The predicted molar refractivity (Wildman–Crippen MR) is 66.1 cm³/mol. The number of amides is 1. The molecule has 0 aromatic carbocycles. The van der Waals surface area contributed by atoms with Gasteiger partial charge in [0, 0.05) is 6.42 Å². The molecule has 0 saturated heterocycles. The second-order valence-electron chi connectivity index (χ2n) is 5.19. The molecule has 5 heteroatoms. The Hall–Kier alpha value is -1.10. The highest BCUT2D eigenvalue weighted by atomic mass is 16.6. The number of hydrogen-bond acceptors (Lipinski definition) is 4. The van der Waals surface area contributed by atoms with Crippen LogP contribution in [0.4, 0.5) is 0 Å². The van der Waals surface area contributed by atoms with Gasteiger partial charge in [0.15, 0.2) is 0 Å². The van der Waals surface area contributed by atoms with Crippen LogP contribution in [0.5, 0.6) is 0 Å². The van der Waals surface area contributed by atoms with Gasteiger partial charge >= 0.3 is 5.97 Å². The van der Waals surface area contributed by atoms with E-state index in [0.29, 0.717) is 12.8 Å². The average Bonchev–Trinajstić information content (AvgIpc) is 2.13. The Morgan fingerprint density at radius 1 is 1.18 bits per heavy atom. The fourth-order valence-corrected chi connectivity index (χ4v) is 1.35. The van der Waals surface area contributed by atoms with Gasteiger partial charge in [-0.15, -0.1) is 0 Å². The summed E-state index contributed by atoms with van der Waals surface area (Å²) in [6.45, 7) is 5.53. The van der Waals surface area contributed by atoms with Crippen LogP contribution < -0.4 is 11.5 Å². The van der Waals surface area contributed by atoms with E-state index in [9.17, 15) is 9.59 Å². The number of esters is 1. The van der Waals surface area contributed by atoms with Crippen LogP contribution >= 0.6 is 0 Å². The van der Waals surface area contributed by atoms with E-state index in [0.717, 1.165) is 19.3 Å². The predicted octanol–water partition coefficient (Wildman–Crippen LogP) is 1.09. The van der Waals surface area contributed by atoms with Crippen LogP contribution in [-0.2, 0) is 14.3 Å². The molecule has 0 unspecified atom stereocenters. The van der Waals surface area contributed by atoms with Crippen molar-refractivity contribution in [1.82, 2.24) is 0 Å². The highest BCUT2D eigenvalue weighted by Crippen LogP contribution is 2.11. The third-order valence-corrected chi connectivity index (χ3v) is 2.18. The quantitative estimate of drug-likeness (QED) is 0.517. The molecule has 1 amide bonds. The Kier molecular flexibility index (Phi) is 6.80. The molecular weight excluding hydrogens is 220 g/mol. The van der Waals surface area contributed by atoms with E-state index in [4.69, 9.17) is 16.2 Å². The van der Waals surface area contributed by atoms with E-state index in [1.165, 1.54) is 0 Å². The fourth-order valence-electron chi connectivity index (χ4n) is 1.35. The maximum atomic E-state index is 11.3. The first-order valence-corrected chi connectivity index (χ1v) is 5.99. The summed E-state index contributed by atoms with van der Waals surface area (Å²) in [4.78, 5) is 22.0. The second kappa shape index (κ2) is 7.27. The molecule has 0 aliphatic carbocycles. The molecule has 1 atom stereocenters. The average molecular weight is 244 g/mol. The number of unbranched alkanes of at least 4 members (excludes halogenated alkanes) is 2. The molecule has 0 bridgehead atoms. The van der Waals surface area contributed by atoms with Gasteiger partial charge in [-0.1, -0.05) is 12.8 Å². The molecule has 0 rings (SSSR count). The second-order valence-corrected chi connectivity index (χ2v) is 5.19. The van der Waals surface area contributed by atoms with Gasteiger partial charge in [-0.05, 0) is 33.6 Å². The summed E-state index contributed by atoms with van der Waals surface area (Å²) in [5.41, 5.74) is 10.1. The molecule has 17 heavy (non-hydrogen) atoms. The maximum Gasteiger partial charge on any atom is 0.306 e. The van der Waals surface area contributed by atoms with Gasteiger partial charge in [-0.2, -0.15) is 0 Å². The zero-order chi connectivity index (χ0) is 13.5. The molecule has 0 aromatic heterocycles. The van der Waals surface area contributed by atoms with E-state index in [2.05, 4.69) is 0 Å². The molecule has 0 saturated carbocycles. The van der Waals surface area contributed by atoms with Crippen LogP contribution in [0.25, 0.3) is 0 Å². The van der Waals surface area contributed by atoms with Gasteiger partial charge in [-0.3, -0.25) is 9.59 Å². The molecule has 0 aliphatic rings. The summed E-state index contributed by atoms with van der Waals surface area (Å²) in [6.07, 6.45) is 3.38. The van der Waals surface area contributed by atoms with Crippen LogP contribution in [0.1, 0.15) is 52.9 Å². The van der Waals surface area contributed by atoms with Crippen molar-refractivity contribution in [1.29, 1.82) is 0 Å². The molecular formula is C12H24N2O3. The number of carbonyl (C=O) groups is 2. The Balaban J connectivity index is 3.52. The highest BCUT2D eigenvalue weighted by Gasteiger charge is 2.15. The molecule has 0 fully saturated rings. The molecule has 100 valence electrons. The zero-order valence-corrected chi connectivity index (χ0v) is 11.0. The minimum atomic E-state index is -0.573. The lowest BCUT2D eigenvalue weighted by molar-refractivity contribution is -0.154. The third-order valence-electron chi connectivity index (χ3n) is 2.18. The van der Waals surface area contributed by atoms with Crippen molar-refractivity contribution in [2.24, 2.45) is 11.5 Å². The van der Waals surface area contributed by atoms with E-state index in [1.807, 2.05) is 20.8 Å². The minimum absolute atomic E-state index is 0.184. The minimum Gasteiger partial charge on any atom is -0.460 e. The summed E-state index contributed by atoms with van der Waals surface area (Å²) < 4.78 is 5.17. The molecule has 0 aromatic rings. The standard InChI is InChI=1S/C12H24N2O3/c1-12(2,3)17-10(15)8-6-4-5-7-9(13)11(14)16/h9H,4-8,13H2,1-3H3,(H2,14,16)/t9-/m0/s1. The molecule has 5 nitrogen and oxygen atoms in total. The Labute approximate surface area is 103 Å². The lowest BCUT2D eigenvalue weighted by Gasteiger charge is -2.19. The number of hydrogen-bond donors (Lipinski definition) is 2. The van der Waals surface area contributed by atoms with Crippen LogP contribution in [0.15, 0.2) is 0 Å². The molecule has 0 aliphatic heterocycles. The normalized spacial score (nSPS) is 13.2. The molecule has 0 heterocycles. The zero-order valence-electron chi connectivity index (χ0n) is 11.0. The van der Waals surface area contributed by atoms with Gasteiger partial charge in [-0.25, -0.2) is 0 Å². The van der Waals surface area contributed by atoms with E-state index < -0.39 is 17.6 Å². The highest BCUT2D eigenvalue weighted by molar-refractivity contribution is 5.79. The lowest BCUT2D eigenvalue weighted by Crippen LogP contribution is -2.36. The summed E-state index contributed by atoms with van der Waals surface area (Å²) in [5.74, 6) is -0.658.